The number of nitrogens with two attached hydrogens (primary N) is 1. The Morgan fingerprint density at radius 2 is 1.55 bits per heavy atom. The number of carbonyl (C=O) groups excluding carboxylic acids is 2. The summed E-state index contributed by atoms with van der Waals surface area (Å²) < 4.78 is 22.6. The van der Waals surface area contributed by atoms with Crippen LogP contribution < -0.4 is 21.1 Å². The Morgan fingerprint density at radius 3 is 2.12 bits per heavy atom. The second kappa shape index (κ2) is 15.0. The molecular formula is C25H37N3O14. The van der Waals surface area contributed by atoms with Crippen LogP contribution in [0.25, 0.3) is 0 Å². The van der Waals surface area contributed by atoms with Gasteiger partial charge in [-0.1, -0.05) is 0 Å². The van der Waals surface area contributed by atoms with Gasteiger partial charge in [-0.15, -0.1) is 0 Å². The fraction of sp³-hybridized carbons (Fsp3) is 0.640. The summed E-state index contributed by atoms with van der Waals surface area (Å²) in [5.74, 6) is -2.07. The second-order valence-corrected chi connectivity index (χ2v) is 9.91. The van der Waals surface area contributed by atoms with Gasteiger partial charge in [-0.25, -0.2) is 0 Å². The maximum Gasteiger partial charge on any atom is 0.320 e. The normalized spacial score (nSPS) is 33.8. The number of benzene rings is 1. The van der Waals surface area contributed by atoms with Crippen LogP contribution in [0.2, 0.25) is 0 Å². The van der Waals surface area contributed by atoms with Gasteiger partial charge in [-0.05, 0) is 30.7 Å². The van der Waals surface area contributed by atoms with E-state index in [2.05, 4.69) is 10.6 Å². The minimum atomic E-state index is -1.80. The molecule has 1 aromatic carbocycles. The summed E-state index contributed by atoms with van der Waals surface area (Å²) in [6.07, 6.45) is -14.0. The van der Waals surface area contributed by atoms with E-state index in [1.807, 2.05) is 0 Å². The van der Waals surface area contributed by atoms with Crippen molar-refractivity contribution in [2.45, 2.75) is 87.2 Å². The van der Waals surface area contributed by atoms with Crippen LogP contribution in [0.5, 0.6) is 5.75 Å². The summed E-state index contributed by atoms with van der Waals surface area (Å²) in [4.78, 5) is 34.8. The molecule has 3 rings (SSSR count). The van der Waals surface area contributed by atoms with Gasteiger partial charge in [0.15, 0.2) is 6.29 Å². The maximum absolute atomic E-state index is 12.1. The summed E-state index contributed by atoms with van der Waals surface area (Å²) in [6.45, 7) is -0.262. The van der Waals surface area contributed by atoms with Gasteiger partial charge in [0.25, 0.3) is 0 Å². The van der Waals surface area contributed by atoms with E-state index in [0.717, 1.165) is 0 Å². The van der Waals surface area contributed by atoms with Crippen molar-refractivity contribution < 1.29 is 69.1 Å². The first-order chi connectivity index (χ1) is 19.9. The Kier molecular flexibility index (Phi) is 11.9. The molecule has 236 valence electrons. The van der Waals surface area contributed by atoms with E-state index >= 15 is 0 Å². The highest BCUT2D eigenvalue weighted by atomic mass is 16.7. The monoisotopic (exact) mass is 603 g/mol. The van der Waals surface area contributed by atoms with Gasteiger partial charge < -0.3 is 71.1 Å². The molecule has 2 heterocycles. The number of aliphatic carboxylic acids is 1. The van der Waals surface area contributed by atoms with Crippen LogP contribution in [-0.4, -0.2) is 134 Å². The zero-order chi connectivity index (χ0) is 31.1. The Hall–Kier alpha value is -2.97. The van der Waals surface area contributed by atoms with Crippen molar-refractivity contribution in [3.63, 3.8) is 0 Å². The molecule has 42 heavy (non-hydrogen) atoms. The summed E-state index contributed by atoms with van der Waals surface area (Å²) >= 11 is 0. The quantitative estimate of drug-likeness (QED) is 0.109. The molecule has 17 nitrogen and oxygen atoms in total. The number of carboxylic acids is 1. The van der Waals surface area contributed by atoms with Crippen molar-refractivity contribution in [3.05, 3.63) is 24.3 Å². The van der Waals surface area contributed by atoms with Crippen LogP contribution in [0.1, 0.15) is 19.8 Å². The average molecular weight is 604 g/mol. The molecule has 0 spiro atoms. The molecule has 0 saturated carbocycles. The van der Waals surface area contributed by atoms with E-state index in [4.69, 9.17) is 29.8 Å². The van der Waals surface area contributed by atoms with Gasteiger partial charge in [0.05, 0.1) is 13.2 Å². The van der Waals surface area contributed by atoms with Gasteiger partial charge in [0.2, 0.25) is 18.1 Å². The standard InChI is InChI=1S/C25H37N3O14/c1-10(31)27-17-19(34)22(42-25-21(36)20(35)18(33)14(8-29)40-25)15(9-30)41-24(17)39-12-4-2-11(3-5-12)28-16(32)7-6-13(26)23(37)38/h2-5,13-15,17-22,24-25,29-30,33-36H,6-9,26H2,1H3,(H,27,31)(H,28,32)(H,37,38)/t13-,14+,15+,17+,18-,19+,20-,21+,22+,24+,25-/m0/s1. The largest absolute Gasteiger partial charge is 0.480 e. The Bertz CT molecular complexity index is 1060. The van der Waals surface area contributed by atoms with Gasteiger partial charge >= 0.3 is 5.97 Å². The predicted octanol–water partition coefficient (Wildman–Crippen LogP) is -4.04. The molecule has 0 radical (unpaired) electrons. The molecule has 2 amide bonds. The first-order valence-corrected chi connectivity index (χ1v) is 13.1. The lowest BCUT2D eigenvalue weighted by atomic mass is 9.95. The molecule has 2 aliphatic rings. The van der Waals surface area contributed by atoms with E-state index in [1.54, 1.807) is 0 Å². The molecule has 0 aliphatic carbocycles. The number of carboxylic acid groups (broad SMARTS) is 1. The predicted molar refractivity (Wildman–Crippen MR) is 139 cm³/mol. The first kappa shape index (κ1) is 33.5. The number of ether oxygens (including phenoxy) is 4. The second-order valence-electron chi connectivity index (χ2n) is 9.91. The van der Waals surface area contributed by atoms with E-state index < -0.39 is 98.4 Å². The third-order valence-electron chi connectivity index (χ3n) is 6.75. The number of rotatable bonds is 12. The Balaban J connectivity index is 1.70. The van der Waals surface area contributed by atoms with Gasteiger partial charge in [-0.2, -0.15) is 0 Å². The van der Waals surface area contributed by atoms with E-state index in [1.165, 1.54) is 31.2 Å². The minimum Gasteiger partial charge on any atom is -0.480 e. The van der Waals surface area contributed by atoms with Crippen LogP contribution in [0.15, 0.2) is 24.3 Å². The van der Waals surface area contributed by atoms with Gasteiger partial charge in [0.1, 0.15) is 60.6 Å². The number of amides is 2. The number of aliphatic hydroxyl groups is 6. The highest BCUT2D eigenvalue weighted by Crippen LogP contribution is 2.30. The zero-order valence-electron chi connectivity index (χ0n) is 22.6. The molecule has 1 aromatic rings. The number of anilines is 1. The number of hydrogen-bond donors (Lipinski definition) is 10. The van der Waals surface area contributed by atoms with Crippen LogP contribution in [0, 0.1) is 0 Å². The fourth-order valence-corrected chi connectivity index (χ4v) is 4.44. The number of aliphatic hydroxyl groups excluding tert-OH is 6. The van der Waals surface area contributed by atoms with Crippen molar-refractivity contribution in [2.24, 2.45) is 5.73 Å². The summed E-state index contributed by atoms with van der Waals surface area (Å²) in [5, 5.41) is 74.8. The number of carbonyl (C=O) groups is 3. The molecule has 0 bridgehead atoms. The van der Waals surface area contributed by atoms with Crippen molar-refractivity contribution in [2.75, 3.05) is 18.5 Å². The van der Waals surface area contributed by atoms with Crippen molar-refractivity contribution in [3.8, 4) is 5.75 Å². The van der Waals surface area contributed by atoms with Gasteiger partial charge in [-0.3, -0.25) is 14.4 Å². The first-order valence-electron chi connectivity index (χ1n) is 13.1. The van der Waals surface area contributed by atoms with Crippen LogP contribution in [0.4, 0.5) is 5.69 Å². The molecule has 2 saturated heterocycles. The lowest BCUT2D eigenvalue weighted by molar-refractivity contribution is -0.343. The van der Waals surface area contributed by atoms with E-state index in [9.17, 15) is 45.0 Å². The summed E-state index contributed by atoms with van der Waals surface area (Å²) in [5.41, 5.74) is 5.76. The maximum atomic E-state index is 12.1. The SMILES string of the molecule is CC(=O)N[C@H]1[C@H](Oc2ccc(NC(=O)CC[C@H](N)C(=O)O)cc2)O[C@H](CO)[C@@H](O[C@@H]2O[C@H](CO)[C@H](O)[C@H](O)[C@H]2O)[C@@H]1O. The molecule has 17 heteroatoms. The molecule has 0 aromatic heterocycles. The number of nitrogens with one attached hydrogen (secondary N) is 2. The smallest absolute Gasteiger partial charge is 0.320 e. The van der Waals surface area contributed by atoms with Crippen LogP contribution in [-0.2, 0) is 28.6 Å². The molecule has 11 N–H and O–H groups in total. The highest BCUT2D eigenvalue weighted by molar-refractivity contribution is 5.91. The third-order valence-corrected chi connectivity index (χ3v) is 6.75. The van der Waals surface area contributed by atoms with Gasteiger partial charge in [0, 0.05) is 19.0 Å². The molecule has 2 fully saturated rings. The Labute approximate surface area is 239 Å². The molecule has 2 aliphatic heterocycles. The number of hydrogen-bond acceptors (Lipinski definition) is 14. The van der Waals surface area contributed by atoms with Crippen molar-refractivity contribution in [1.82, 2.24) is 5.32 Å². The van der Waals surface area contributed by atoms with E-state index in [-0.39, 0.29) is 18.6 Å². The molecule has 0 unspecified atom stereocenters. The molecular weight excluding hydrogens is 566 g/mol. The topological polar surface area (TPSA) is 280 Å². The lowest BCUT2D eigenvalue weighted by Crippen LogP contribution is -2.68. The third kappa shape index (κ3) is 8.32. The zero-order valence-corrected chi connectivity index (χ0v) is 22.6. The highest BCUT2D eigenvalue weighted by Gasteiger charge is 2.51. The summed E-state index contributed by atoms with van der Waals surface area (Å²) in [7, 11) is 0. The minimum absolute atomic E-state index is 0.0542. The Morgan fingerprint density at radius 1 is 0.929 bits per heavy atom. The van der Waals surface area contributed by atoms with Crippen LogP contribution in [0.3, 0.4) is 0 Å². The van der Waals surface area contributed by atoms with Crippen molar-refractivity contribution in [1.29, 1.82) is 0 Å². The average Bonchev–Trinajstić information content (AvgIpc) is 2.95. The molecule has 11 atom stereocenters. The fourth-order valence-electron chi connectivity index (χ4n) is 4.44. The van der Waals surface area contributed by atoms with E-state index in [0.29, 0.717) is 5.69 Å². The van der Waals surface area contributed by atoms with Crippen molar-refractivity contribution >= 4 is 23.5 Å². The van der Waals surface area contributed by atoms with Crippen LogP contribution >= 0.6 is 0 Å². The summed E-state index contributed by atoms with van der Waals surface area (Å²) in [6, 6.07) is 3.40. The lowest BCUT2D eigenvalue weighted by Gasteiger charge is -2.47.